The number of methoxy groups -OCH3 is 1. The lowest BCUT2D eigenvalue weighted by Crippen LogP contribution is -2.45. The maximum atomic E-state index is 13.7. The van der Waals surface area contributed by atoms with Crippen molar-refractivity contribution in [1.82, 2.24) is 10.6 Å². The predicted octanol–water partition coefficient (Wildman–Crippen LogP) is 2.44. The number of aliphatic imine (C=N–C) groups is 1. The van der Waals surface area contributed by atoms with Crippen LogP contribution >= 0.6 is 24.0 Å². The van der Waals surface area contributed by atoms with Gasteiger partial charge in [0.25, 0.3) is 0 Å². The van der Waals surface area contributed by atoms with E-state index in [0.29, 0.717) is 32.1 Å². The molecular weight excluding hydrogens is 440 g/mol. The van der Waals surface area contributed by atoms with E-state index in [1.54, 1.807) is 14.2 Å². The molecular formula is C17H27FIN3O3. The van der Waals surface area contributed by atoms with Crippen LogP contribution in [-0.2, 0) is 22.5 Å². The molecule has 0 saturated heterocycles. The zero-order valence-corrected chi connectivity index (χ0v) is 17.5. The molecule has 8 heteroatoms. The maximum absolute atomic E-state index is 13.7. The van der Waals surface area contributed by atoms with E-state index >= 15 is 0 Å². The van der Waals surface area contributed by atoms with Crippen LogP contribution in [0.4, 0.5) is 4.39 Å². The van der Waals surface area contributed by atoms with Gasteiger partial charge in [0.15, 0.2) is 12.8 Å². The number of hydrogen-bond donors (Lipinski definition) is 2. The molecule has 0 bridgehead atoms. The van der Waals surface area contributed by atoms with Crippen LogP contribution in [0.5, 0.6) is 5.75 Å². The summed E-state index contributed by atoms with van der Waals surface area (Å²) in [6.45, 7) is 5.79. The largest absolute Gasteiger partial charge is 0.467 e. The van der Waals surface area contributed by atoms with Gasteiger partial charge in [0, 0.05) is 32.8 Å². The minimum Gasteiger partial charge on any atom is -0.467 e. The van der Waals surface area contributed by atoms with Crippen molar-refractivity contribution in [3.8, 4) is 5.75 Å². The SMILES string of the molecule is CN=C(NCCc1cc(F)cc2c1OCOC2)NCC(C)(C)OC.I. The number of hydrogen-bond acceptors (Lipinski definition) is 4. The van der Waals surface area contributed by atoms with Gasteiger partial charge in [0.05, 0.1) is 12.2 Å². The molecule has 1 aromatic rings. The van der Waals surface area contributed by atoms with E-state index in [4.69, 9.17) is 14.2 Å². The number of halogens is 2. The van der Waals surface area contributed by atoms with Gasteiger partial charge in [-0.1, -0.05) is 0 Å². The maximum Gasteiger partial charge on any atom is 0.191 e. The lowest BCUT2D eigenvalue weighted by Gasteiger charge is -2.24. The summed E-state index contributed by atoms with van der Waals surface area (Å²) in [6.07, 6.45) is 0.620. The van der Waals surface area contributed by atoms with Crippen LogP contribution in [-0.4, -0.2) is 45.6 Å². The number of ether oxygens (including phenoxy) is 3. The molecule has 1 heterocycles. The van der Waals surface area contributed by atoms with Crippen molar-refractivity contribution in [2.24, 2.45) is 4.99 Å². The van der Waals surface area contributed by atoms with Crippen molar-refractivity contribution >= 4 is 29.9 Å². The highest BCUT2D eigenvalue weighted by atomic mass is 127. The summed E-state index contributed by atoms with van der Waals surface area (Å²) in [5.74, 6) is 1.13. The first-order valence-electron chi connectivity index (χ1n) is 7.96. The minimum absolute atomic E-state index is 0. The monoisotopic (exact) mass is 467 g/mol. The fourth-order valence-electron chi connectivity index (χ4n) is 2.35. The van der Waals surface area contributed by atoms with Gasteiger partial charge in [-0.05, 0) is 38.0 Å². The Kier molecular flexibility index (Phi) is 8.87. The zero-order valence-electron chi connectivity index (χ0n) is 15.1. The third-order valence-corrected chi connectivity index (χ3v) is 3.90. The molecule has 0 unspecified atom stereocenters. The fraction of sp³-hybridized carbons (Fsp3) is 0.588. The highest BCUT2D eigenvalue weighted by Crippen LogP contribution is 2.29. The molecule has 0 aliphatic carbocycles. The molecule has 142 valence electrons. The standard InChI is InChI=1S/C17H26FN3O3.HI/c1-17(2,22-4)10-21-16(19-3)20-6-5-12-7-14(18)8-13-9-23-11-24-15(12)13;/h7-8H,5-6,9-11H2,1-4H3,(H2,19,20,21);1H. The minimum atomic E-state index is -0.285. The Hall–Kier alpha value is -1.13. The van der Waals surface area contributed by atoms with Crippen molar-refractivity contribution < 1.29 is 18.6 Å². The molecule has 6 nitrogen and oxygen atoms in total. The molecule has 0 atom stereocenters. The first-order valence-corrected chi connectivity index (χ1v) is 7.96. The Bertz CT molecular complexity index is 597. The van der Waals surface area contributed by atoms with Crippen molar-refractivity contribution in [2.45, 2.75) is 32.5 Å². The van der Waals surface area contributed by atoms with Gasteiger partial charge in [0.2, 0.25) is 0 Å². The molecule has 1 aliphatic heterocycles. The lowest BCUT2D eigenvalue weighted by molar-refractivity contribution is -0.0172. The molecule has 1 aromatic carbocycles. The quantitative estimate of drug-likeness (QED) is 0.383. The number of nitrogens with one attached hydrogen (secondary N) is 2. The van der Waals surface area contributed by atoms with Crippen LogP contribution in [0, 0.1) is 5.82 Å². The number of nitrogens with zero attached hydrogens (tertiary/aromatic N) is 1. The molecule has 25 heavy (non-hydrogen) atoms. The summed E-state index contributed by atoms with van der Waals surface area (Å²) in [5, 5.41) is 6.42. The Morgan fingerprint density at radius 2 is 2.12 bits per heavy atom. The van der Waals surface area contributed by atoms with Crippen molar-refractivity contribution in [3.63, 3.8) is 0 Å². The van der Waals surface area contributed by atoms with E-state index in [1.165, 1.54) is 12.1 Å². The molecule has 0 radical (unpaired) electrons. The Labute approximate surface area is 165 Å². The summed E-state index contributed by atoms with van der Waals surface area (Å²) in [7, 11) is 3.38. The van der Waals surface area contributed by atoms with E-state index in [0.717, 1.165) is 16.9 Å². The normalized spacial score (nSPS) is 14.2. The molecule has 0 saturated carbocycles. The second-order valence-corrected chi connectivity index (χ2v) is 6.23. The van der Waals surface area contributed by atoms with Gasteiger partial charge >= 0.3 is 0 Å². The average molecular weight is 467 g/mol. The van der Waals surface area contributed by atoms with Crippen LogP contribution < -0.4 is 15.4 Å². The number of benzene rings is 1. The molecule has 0 fully saturated rings. The molecule has 1 aliphatic rings. The second-order valence-electron chi connectivity index (χ2n) is 6.23. The van der Waals surface area contributed by atoms with Gasteiger partial charge in [-0.15, -0.1) is 24.0 Å². The highest BCUT2D eigenvalue weighted by molar-refractivity contribution is 14.0. The van der Waals surface area contributed by atoms with E-state index < -0.39 is 0 Å². The molecule has 0 spiro atoms. The number of fused-ring (bicyclic) bond motifs is 1. The number of guanidine groups is 1. The van der Waals surface area contributed by atoms with Crippen molar-refractivity contribution in [2.75, 3.05) is 34.0 Å². The van der Waals surface area contributed by atoms with Crippen LogP contribution in [0.2, 0.25) is 0 Å². The first-order chi connectivity index (χ1) is 11.4. The van der Waals surface area contributed by atoms with Gasteiger partial charge < -0.3 is 24.8 Å². The summed E-state index contributed by atoms with van der Waals surface area (Å²) < 4.78 is 29.8. The first kappa shape index (κ1) is 21.9. The fourth-order valence-corrected chi connectivity index (χ4v) is 2.35. The summed E-state index contributed by atoms with van der Waals surface area (Å²) in [6, 6.07) is 2.97. The molecule has 2 rings (SSSR count). The predicted molar refractivity (Wildman–Crippen MR) is 106 cm³/mol. The van der Waals surface area contributed by atoms with Crippen LogP contribution in [0.3, 0.4) is 0 Å². The highest BCUT2D eigenvalue weighted by Gasteiger charge is 2.18. The summed E-state index contributed by atoms with van der Waals surface area (Å²) >= 11 is 0. The molecule has 2 N–H and O–H groups in total. The lowest BCUT2D eigenvalue weighted by atomic mass is 10.1. The van der Waals surface area contributed by atoms with E-state index in [1.807, 2.05) is 13.8 Å². The summed E-state index contributed by atoms with van der Waals surface area (Å²) in [4.78, 5) is 4.18. The smallest absolute Gasteiger partial charge is 0.191 e. The molecule has 0 aromatic heterocycles. The van der Waals surface area contributed by atoms with Crippen molar-refractivity contribution in [1.29, 1.82) is 0 Å². The van der Waals surface area contributed by atoms with Crippen LogP contribution in [0.15, 0.2) is 17.1 Å². The second kappa shape index (κ2) is 10.1. The van der Waals surface area contributed by atoms with Gasteiger partial charge in [-0.25, -0.2) is 4.39 Å². The van der Waals surface area contributed by atoms with Crippen LogP contribution in [0.1, 0.15) is 25.0 Å². The van der Waals surface area contributed by atoms with E-state index in [2.05, 4.69) is 15.6 Å². The van der Waals surface area contributed by atoms with Crippen LogP contribution in [0.25, 0.3) is 0 Å². The Balaban J connectivity index is 0.00000312. The Morgan fingerprint density at radius 1 is 1.36 bits per heavy atom. The third-order valence-electron chi connectivity index (χ3n) is 3.90. The van der Waals surface area contributed by atoms with Gasteiger partial charge in [-0.2, -0.15) is 0 Å². The third kappa shape index (κ3) is 6.59. The van der Waals surface area contributed by atoms with Crippen molar-refractivity contribution in [3.05, 3.63) is 29.1 Å². The average Bonchev–Trinajstić information content (AvgIpc) is 2.57. The van der Waals surface area contributed by atoms with Gasteiger partial charge in [0.1, 0.15) is 11.6 Å². The molecule has 0 amide bonds. The van der Waals surface area contributed by atoms with E-state index in [-0.39, 0.29) is 42.2 Å². The summed E-state index contributed by atoms with van der Waals surface area (Å²) in [5.41, 5.74) is 1.29. The van der Waals surface area contributed by atoms with Gasteiger partial charge in [-0.3, -0.25) is 4.99 Å². The topological polar surface area (TPSA) is 64.1 Å². The number of rotatable bonds is 6. The zero-order chi connectivity index (χ0) is 17.6. The Morgan fingerprint density at radius 3 is 2.80 bits per heavy atom. The van der Waals surface area contributed by atoms with E-state index in [9.17, 15) is 4.39 Å².